The molecule has 64 valence electrons. The van der Waals surface area contributed by atoms with Gasteiger partial charge in [0.25, 0.3) is 0 Å². The Kier molecular flexibility index (Phi) is 1.83. The molecule has 1 aromatic carbocycles. The number of ether oxygens (including phenoxy) is 1. The molecule has 0 aliphatic carbocycles. The smallest absolute Gasteiger partial charge is 0.140 e. The van der Waals surface area contributed by atoms with Gasteiger partial charge in [-0.25, -0.2) is 4.39 Å². The Labute approximate surface area is 78.7 Å². The normalized spacial score (nSPS) is 20.4. The van der Waals surface area contributed by atoms with Crippen molar-refractivity contribution >= 4 is 15.9 Å². The summed E-state index contributed by atoms with van der Waals surface area (Å²) in [4.78, 5) is 0. The van der Waals surface area contributed by atoms with Gasteiger partial charge in [0, 0.05) is 12.0 Å². The van der Waals surface area contributed by atoms with E-state index in [0.29, 0.717) is 17.7 Å². The maximum atomic E-state index is 13.1. The molecule has 0 radical (unpaired) electrons. The quantitative estimate of drug-likeness (QED) is 0.667. The summed E-state index contributed by atoms with van der Waals surface area (Å²) in [5.41, 5.74) is 0.692. The van der Waals surface area contributed by atoms with Crippen LogP contribution in [0.4, 0.5) is 4.39 Å². The van der Waals surface area contributed by atoms with Gasteiger partial charge in [0.05, 0.1) is 4.47 Å². The first-order chi connectivity index (χ1) is 5.68. The molecule has 0 N–H and O–H groups in total. The highest BCUT2D eigenvalue weighted by molar-refractivity contribution is 9.10. The highest BCUT2D eigenvalue weighted by Gasteiger charge is 2.24. The van der Waals surface area contributed by atoms with E-state index >= 15 is 0 Å². The van der Waals surface area contributed by atoms with Crippen molar-refractivity contribution in [1.82, 2.24) is 0 Å². The second-order valence-electron chi connectivity index (χ2n) is 2.97. The van der Waals surface area contributed by atoms with Crippen LogP contribution in [0.3, 0.4) is 0 Å². The van der Waals surface area contributed by atoms with E-state index in [1.165, 1.54) is 6.07 Å². The fourth-order valence-corrected chi connectivity index (χ4v) is 1.89. The van der Waals surface area contributed by atoms with Gasteiger partial charge >= 0.3 is 0 Å². The number of halogens is 2. The Morgan fingerprint density at radius 1 is 1.58 bits per heavy atom. The van der Waals surface area contributed by atoms with Crippen LogP contribution in [-0.2, 0) is 6.42 Å². The zero-order valence-electron chi connectivity index (χ0n) is 6.60. The molecule has 1 heterocycles. The van der Waals surface area contributed by atoms with Crippen LogP contribution < -0.4 is 4.74 Å². The number of benzene rings is 1. The van der Waals surface area contributed by atoms with E-state index < -0.39 is 0 Å². The van der Waals surface area contributed by atoms with Gasteiger partial charge < -0.3 is 4.74 Å². The molecule has 3 heteroatoms. The van der Waals surface area contributed by atoms with Crippen molar-refractivity contribution in [2.45, 2.75) is 19.4 Å². The molecule has 0 spiro atoms. The zero-order valence-corrected chi connectivity index (χ0v) is 8.19. The maximum Gasteiger partial charge on any atom is 0.140 e. The third-order valence-electron chi connectivity index (χ3n) is 1.97. The SMILES string of the molecule is CC1Cc2c(F)ccc(Br)c2O1. The van der Waals surface area contributed by atoms with E-state index in [-0.39, 0.29) is 11.9 Å². The Morgan fingerprint density at radius 3 is 3.00 bits per heavy atom. The average molecular weight is 231 g/mol. The van der Waals surface area contributed by atoms with E-state index in [9.17, 15) is 4.39 Å². The molecular formula is C9H8BrFO. The molecule has 1 atom stereocenters. The van der Waals surface area contributed by atoms with E-state index in [2.05, 4.69) is 15.9 Å². The lowest BCUT2D eigenvalue weighted by Gasteiger charge is -2.03. The monoisotopic (exact) mass is 230 g/mol. The van der Waals surface area contributed by atoms with Gasteiger partial charge in [-0.05, 0) is 35.0 Å². The largest absolute Gasteiger partial charge is 0.489 e. The Bertz CT molecular complexity index is 294. The summed E-state index contributed by atoms with van der Waals surface area (Å²) in [5.74, 6) is 0.500. The van der Waals surface area contributed by atoms with Gasteiger partial charge in [-0.1, -0.05) is 0 Å². The minimum Gasteiger partial charge on any atom is -0.489 e. The van der Waals surface area contributed by atoms with Gasteiger partial charge in [0.1, 0.15) is 17.7 Å². The first-order valence-electron chi connectivity index (χ1n) is 3.82. The van der Waals surface area contributed by atoms with Crippen molar-refractivity contribution in [1.29, 1.82) is 0 Å². The van der Waals surface area contributed by atoms with E-state index in [1.54, 1.807) is 6.07 Å². The summed E-state index contributed by atoms with van der Waals surface area (Å²) in [5, 5.41) is 0. The maximum absolute atomic E-state index is 13.1. The number of hydrogen-bond donors (Lipinski definition) is 0. The van der Waals surface area contributed by atoms with Crippen molar-refractivity contribution in [2.75, 3.05) is 0 Å². The van der Waals surface area contributed by atoms with Crippen LogP contribution >= 0.6 is 15.9 Å². The van der Waals surface area contributed by atoms with Crippen molar-refractivity contribution < 1.29 is 9.13 Å². The third-order valence-corrected chi connectivity index (χ3v) is 2.59. The van der Waals surface area contributed by atoms with Crippen LogP contribution in [-0.4, -0.2) is 6.10 Å². The molecule has 0 bridgehead atoms. The lowest BCUT2D eigenvalue weighted by atomic mass is 10.1. The molecule has 1 nitrogen and oxygen atoms in total. The third kappa shape index (κ3) is 1.12. The van der Waals surface area contributed by atoms with Gasteiger partial charge in [-0.3, -0.25) is 0 Å². The Hall–Kier alpha value is -0.570. The summed E-state index contributed by atoms with van der Waals surface area (Å²) in [6, 6.07) is 3.14. The summed E-state index contributed by atoms with van der Waals surface area (Å²) >= 11 is 3.32. The van der Waals surface area contributed by atoms with E-state index in [1.807, 2.05) is 6.92 Å². The summed E-state index contributed by atoms with van der Waals surface area (Å²) in [6.45, 7) is 1.94. The van der Waals surface area contributed by atoms with Crippen LogP contribution in [0.25, 0.3) is 0 Å². The molecule has 1 aromatic rings. The lowest BCUT2D eigenvalue weighted by Crippen LogP contribution is -2.05. The highest BCUT2D eigenvalue weighted by atomic mass is 79.9. The first kappa shape index (κ1) is 8.05. The van der Waals surface area contributed by atoms with Crippen molar-refractivity contribution in [3.05, 3.63) is 28.0 Å². The number of rotatable bonds is 0. The lowest BCUT2D eigenvalue weighted by molar-refractivity contribution is 0.253. The van der Waals surface area contributed by atoms with E-state index in [4.69, 9.17) is 4.74 Å². The zero-order chi connectivity index (χ0) is 8.72. The molecule has 0 amide bonds. The fourth-order valence-electron chi connectivity index (χ4n) is 1.42. The van der Waals surface area contributed by atoms with Gasteiger partial charge in [-0.2, -0.15) is 0 Å². The number of fused-ring (bicyclic) bond motifs is 1. The summed E-state index contributed by atoms with van der Waals surface area (Å²) in [6.07, 6.45) is 0.758. The minimum absolute atomic E-state index is 0.0909. The first-order valence-corrected chi connectivity index (χ1v) is 4.61. The van der Waals surface area contributed by atoms with Crippen molar-refractivity contribution in [3.8, 4) is 5.75 Å². The topological polar surface area (TPSA) is 9.23 Å². The second-order valence-corrected chi connectivity index (χ2v) is 3.82. The van der Waals surface area contributed by atoms with Crippen LogP contribution in [0.1, 0.15) is 12.5 Å². The predicted molar refractivity (Wildman–Crippen MR) is 47.9 cm³/mol. The van der Waals surface area contributed by atoms with Crippen LogP contribution in [0.5, 0.6) is 5.75 Å². The summed E-state index contributed by atoms with van der Waals surface area (Å²) < 4.78 is 19.4. The molecule has 2 rings (SSSR count). The van der Waals surface area contributed by atoms with Crippen molar-refractivity contribution in [2.24, 2.45) is 0 Å². The van der Waals surface area contributed by atoms with Crippen LogP contribution in [0, 0.1) is 5.82 Å². The molecule has 0 saturated carbocycles. The molecule has 0 aromatic heterocycles. The van der Waals surface area contributed by atoms with Crippen LogP contribution in [0.15, 0.2) is 16.6 Å². The Balaban J connectivity index is 2.56. The summed E-state index contributed by atoms with van der Waals surface area (Å²) in [7, 11) is 0. The van der Waals surface area contributed by atoms with Crippen LogP contribution in [0.2, 0.25) is 0 Å². The molecule has 1 aliphatic heterocycles. The van der Waals surface area contributed by atoms with Crippen molar-refractivity contribution in [3.63, 3.8) is 0 Å². The van der Waals surface area contributed by atoms with Gasteiger partial charge in [-0.15, -0.1) is 0 Å². The van der Waals surface area contributed by atoms with E-state index in [0.717, 1.165) is 4.47 Å². The molecular weight excluding hydrogens is 223 g/mol. The minimum atomic E-state index is -0.169. The molecule has 0 fully saturated rings. The molecule has 12 heavy (non-hydrogen) atoms. The fraction of sp³-hybridized carbons (Fsp3) is 0.333. The Morgan fingerprint density at radius 2 is 2.33 bits per heavy atom. The molecule has 0 saturated heterocycles. The highest BCUT2D eigenvalue weighted by Crippen LogP contribution is 2.37. The van der Waals surface area contributed by atoms with Gasteiger partial charge in [0.15, 0.2) is 0 Å². The molecule has 1 unspecified atom stereocenters. The second kappa shape index (κ2) is 2.73. The molecule has 1 aliphatic rings. The standard InChI is InChI=1S/C9H8BrFO/c1-5-4-6-8(11)3-2-7(10)9(6)12-5/h2-3,5H,4H2,1H3. The average Bonchev–Trinajstić information content (AvgIpc) is 2.41. The number of hydrogen-bond acceptors (Lipinski definition) is 1. The van der Waals surface area contributed by atoms with Gasteiger partial charge in [0.2, 0.25) is 0 Å². The predicted octanol–water partition coefficient (Wildman–Crippen LogP) is 2.91.